The fourth-order valence-corrected chi connectivity index (χ4v) is 2.23. The number of benzene rings is 1. The normalized spacial score (nSPS) is 10.3. The zero-order valence-corrected chi connectivity index (χ0v) is 13.2. The second kappa shape index (κ2) is 8.17. The average Bonchev–Trinajstić information content (AvgIpc) is 2.53. The highest BCUT2D eigenvalue weighted by Gasteiger charge is 2.03. The molecule has 116 valence electrons. The molecule has 0 aliphatic carbocycles. The molecule has 0 aliphatic heterocycles. The van der Waals surface area contributed by atoms with Crippen LogP contribution in [0.4, 0.5) is 5.69 Å². The summed E-state index contributed by atoms with van der Waals surface area (Å²) in [5.74, 6) is 0.0762. The first-order valence-electron chi connectivity index (χ1n) is 7.57. The Morgan fingerprint density at radius 2 is 1.73 bits per heavy atom. The predicted molar refractivity (Wildman–Crippen MR) is 90.0 cm³/mol. The van der Waals surface area contributed by atoms with Gasteiger partial charge in [0.05, 0.1) is 6.42 Å². The van der Waals surface area contributed by atoms with Gasteiger partial charge in [-0.1, -0.05) is 12.1 Å². The van der Waals surface area contributed by atoms with E-state index in [9.17, 15) is 4.79 Å². The summed E-state index contributed by atoms with van der Waals surface area (Å²) in [5, 5.41) is 2.97. The Hall–Kier alpha value is -2.36. The van der Waals surface area contributed by atoms with E-state index in [1.165, 1.54) is 5.56 Å². The van der Waals surface area contributed by atoms with Crippen LogP contribution in [0, 0.1) is 0 Å². The summed E-state index contributed by atoms with van der Waals surface area (Å²) in [6.45, 7) is 0.705. The third-order valence-corrected chi connectivity index (χ3v) is 3.53. The number of nitrogens with one attached hydrogen (secondary N) is 1. The number of hydrogen-bond donors (Lipinski definition) is 1. The molecule has 4 nitrogen and oxygen atoms in total. The van der Waals surface area contributed by atoms with E-state index in [0.29, 0.717) is 13.0 Å². The summed E-state index contributed by atoms with van der Waals surface area (Å²) >= 11 is 0. The molecular weight excluding hydrogens is 274 g/mol. The van der Waals surface area contributed by atoms with Gasteiger partial charge in [0.25, 0.3) is 0 Å². The average molecular weight is 297 g/mol. The van der Waals surface area contributed by atoms with Gasteiger partial charge >= 0.3 is 0 Å². The zero-order valence-electron chi connectivity index (χ0n) is 13.2. The molecule has 2 rings (SSSR count). The molecule has 4 heteroatoms. The topological polar surface area (TPSA) is 45.2 Å². The third-order valence-electron chi connectivity index (χ3n) is 3.53. The van der Waals surface area contributed by atoms with Crippen molar-refractivity contribution in [1.29, 1.82) is 0 Å². The Balaban J connectivity index is 1.69. The zero-order chi connectivity index (χ0) is 15.8. The number of carbonyl (C=O) groups excluding carboxylic acids is 1. The lowest BCUT2D eigenvalue weighted by atomic mass is 10.1. The smallest absolute Gasteiger partial charge is 0.224 e. The maximum Gasteiger partial charge on any atom is 0.224 e. The third kappa shape index (κ3) is 5.20. The van der Waals surface area contributed by atoms with E-state index in [1.54, 1.807) is 12.4 Å². The van der Waals surface area contributed by atoms with Crippen molar-refractivity contribution < 1.29 is 4.79 Å². The number of anilines is 1. The molecule has 0 spiro atoms. The molecule has 0 saturated heterocycles. The first kappa shape index (κ1) is 16.0. The van der Waals surface area contributed by atoms with E-state index in [0.717, 1.165) is 24.1 Å². The van der Waals surface area contributed by atoms with E-state index in [1.807, 2.05) is 55.4 Å². The van der Waals surface area contributed by atoms with Gasteiger partial charge in [-0.15, -0.1) is 0 Å². The number of amides is 1. The molecule has 2 aromatic rings. The van der Waals surface area contributed by atoms with Gasteiger partial charge in [-0.25, -0.2) is 0 Å². The van der Waals surface area contributed by atoms with Gasteiger partial charge in [0.15, 0.2) is 0 Å². The fourth-order valence-electron chi connectivity index (χ4n) is 2.23. The lowest BCUT2D eigenvalue weighted by Crippen LogP contribution is -2.26. The molecule has 1 aromatic heterocycles. The molecule has 1 heterocycles. The van der Waals surface area contributed by atoms with Crippen LogP contribution in [-0.2, 0) is 17.6 Å². The minimum absolute atomic E-state index is 0.0762. The van der Waals surface area contributed by atoms with Crippen LogP contribution in [0.1, 0.15) is 17.5 Å². The number of aryl methyl sites for hydroxylation is 1. The number of aromatic nitrogens is 1. The number of carbonyl (C=O) groups is 1. The van der Waals surface area contributed by atoms with Gasteiger partial charge in [0.1, 0.15) is 0 Å². The molecule has 0 aliphatic rings. The van der Waals surface area contributed by atoms with Crippen molar-refractivity contribution in [3.05, 3.63) is 59.9 Å². The highest BCUT2D eigenvalue weighted by atomic mass is 16.1. The van der Waals surface area contributed by atoms with Crippen molar-refractivity contribution in [2.24, 2.45) is 0 Å². The highest BCUT2D eigenvalue weighted by molar-refractivity contribution is 5.78. The van der Waals surface area contributed by atoms with Gasteiger partial charge in [-0.2, -0.15) is 0 Å². The lowest BCUT2D eigenvalue weighted by molar-refractivity contribution is -0.120. The Morgan fingerprint density at radius 3 is 2.36 bits per heavy atom. The van der Waals surface area contributed by atoms with Crippen LogP contribution in [-0.4, -0.2) is 31.5 Å². The molecule has 22 heavy (non-hydrogen) atoms. The van der Waals surface area contributed by atoms with Crippen LogP contribution < -0.4 is 10.2 Å². The second-order valence-corrected chi connectivity index (χ2v) is 5.55. The number of hydrogen-bond acceptors (Lipinski definition) is 3. The van der Waals surface area contributed by atoms with Crippen LogP contribution >= 0.6 is 0 Å². The standard InChI is InChI=1S/C18H23N3O/c1-21(2)17-7-5-16(6-8-17)14-18(22)20-11-3-4-15-9-12-19-13-10-15/h5-10,12-13H,3-4,11,14H2,1-2H3,(H,20,22). The van der Waals surface area contributed by atoms with Crippen LogP contribution in [0.5, 0.6) is 0 Å². The van der Waals surface area contributed by atoms with E-state index < -0.39 is 0 Å². The molecule has 0 unspecified atom stereocenters. The molecule has 1 amide bonds. The number of pyridine rings is 1. The summed E-state index contributed by atoms with van der Waals surface area (Å²) in [5.41, 5.74) is 3.43. The van der Waals surface area contributed by atoms with Crippen molar-refractivity contribution in [2.75, 3.05) is 25.5 Å². The summed E-state index contributed by atoms with van der Waals surface area (Å²) in [4.78, 5) is 17.9. The maximum atomic E-state index is 11.9. The Labute approximate surface area is 132 Å². The minimum Gasteiger partial charge on any atom is -0.378 e. The van der Waals surface area contributed by atoms with Crippen molar-refractivity contribution in [3.8, 4) is 0 Å². The van der Waals surface area contributed by atoms with E-state index in [-0.39, 0.29) is 5.91 Å². The van der Waals surface area contributed by atoms with Gasteiger partial charge < -0.3 is 10.2 Å². The van der Waals surface area contributed by atoms with Gasteiger partial charge in [0.2, 0.25) is 5.91 Å². The van der Waals surface area contributed by atoms with Crippen molar-refractivity contribution in [3.63, 3.8) is 0 Å². The minimum atomic E-state index is 0.0762. The Kier molecular flexibility index (Phi) is 5.95. The lowest BCUT2D eigenvalue weighted by Gasteiger charge is -2.12. The first-order chi connectivity index (χ1) is 10.6. The molecule has 1 aromatic carbocycles. The quantitative estimate of drug-likeness (QED) is 0.798. The highest BCUT2D eigenvalue weighted by Crippen LogP contribution is 2.12. The fraction of sp³-hybridized carbons (Fsp3) is 0.333. The second-order valence-electron chi connectivity index (χ2n) is 5.55. The molecule has 0 atom stereocenters. The summed E-state index contributed by atoms with van der Waals surface area (Å²) in [6.07, 6.45) is 5.93. The monoisotopic (exact) mass is 297 g/mol. The van der Waals surface area contributed by atoms with Crippen LogP contribution in [0.15, 0.2) is 48.8 Å². The van der Waals surface area contributed by atoms with Crippen molar-refractivity contribution >= 4 is 11.6 Å². The van der Waals surface area contributed by atoms with Crippen LogP contribution in [0.25, 0.3) is 0 Å². The van der Waals surface area contributed by atoms with E-state index >= 15 is 0 Å². The maximum absolute atomic E-state index is 11.9. The number of rotatable bonds is 7. The number of nitrogens with zero attached hydrogens (tertiary/aromatic N) is 2. The molecule has 0 radical (unpaired) electrons. The SMILES string of the molecule is CN(C)c1ccc(CC(=O)NCCCc2ccncc2)cc1. The van der Waals surface area contributed by atoms with Gasteiger partial charge in [-0.05, 0) is 48.2 Å². The Morgan fingerprint density at radius 1 is 1.05 bits per heavy atom. The van der Waals surface area contributed by atoms with E-state index in [2.05, 4.69) is 10.3 Å². The summed E-state index contributed by atoms with van der Waals surface area (Å²) in [7, 11) is 4.01. The summed E-state index contributed by atoms with van der Waals surface area (Å²) < 4.78 is 0. The van der Waals surface area contributed by atoms with Crippen LogP contribution in [0.3, 0.4) is 0 Å². The van der Waals surface area contributed by atoms with Crippen molar-refractivity contribution in [2.45, 2.75) is 19.3 Å². The Bertz CT molecular complexity index is 579. The van der Waals surface area contributed by atoms with Gasteiger partial charge in [-0.3, -0.25) is 9.78 Å². The molecule has 0 bridgehead atoms. The van der Waals surface area contributed by atoms with Gasteiger partial charge in [0, 0.05) is 38.7 Å². The van der Waals surface area contributed by atoms with E-state index in [4.69, 9.17) is 0 Å². The van der Waals surface area contributed by atoms with Crippen LogP contribution in [0.2, 0.25) is 0 Å². The molecular formula is C18H23N3O. The predicted octanol–water partition coefficient (Wildman–Crippen LogP) is 2.44. The molecule has 0 saturated carbocycles. The molecule has 0 fully saturated rings. The van der Waals surface area contributed by atoms with Crippen molar-refractivity contribution in [1.82, 2.24) is 10.3 Å². The summed E-state index contributed by atoms with van der Waals surface area (Å²) in [6, 6.07) is 12.1. The molecule has 1 N–H and O–H groups in total. The largest absolute Gasteiger partial charge is 0.378 e. The first-order valence-corrected chi connectivity index (χ1v) is 7.57.